The van der Waals surface area contributed by atoms with Crippen LogP contribution in [0.15, 0.2) is 53.2 Å². The van der Waals surface area contributed by atoms with Crippen LogP contribution in [0, 0.1) is 0 Å². The van der Waals surface area contributed by atoms with Gasteiger partial charge in [-0.15, -0.1) is 0 Å². The molecule has 0 amide bonds. The Kier molecular flexibility index (Phi) is 4.02. The molecule has 1 aromatic carbocycles. The molecule has 0 aliphatic heterocycles. The van der Waals surface area contributed by atoms with E-state index in [1.54, 1.807) is 6.20 Å². The molecule has 21 heavy (non-hydrogen) atoms. The minimum Gasteiger partial charge on any atom is -0.334 e. The minimum absolute atomic E-state index is 0.508. The van der Waals surface area contributed by atoms with E-state index in [9.17, 15) is 0 Å². The lowest BCUT2D eigenvalue weighted by molar-refractivity contribution is 0.431. The van der Waals surface area contributed by atoms with Gasteiger partial charge in [-0.1, -0.05) is 29.4 Å². The molecule has 0 saturated heterocycles. The van der Waals surface area contributed by atoms with Crippen molar-refractivity contribution in [3.8, 4) is 23.0 Å². The molecule has 0 bridgehead atoms. The van der Waals surface area contributed by atoms with Gasteiger partial charge in [0.2, 0.25) is 5.82 Å². The largest absolute Gasteiger partial charge is 0.334 e. The molecule has 2 heterocycles. The van der Waals surface area contributed by atoms with Crippen LogP contribution < -0.4 is 5.32 Å². The first-order valence-electron chi connectivity index (χ1n) is 6.86. The number of pyridine rings is 1. The van der Waals surface area contributed by atoms with Crippen LogP contribution in [-0.2, 0) is 6.42 Å². The highest BCUT2D eigenvalue weighted by atomic mass is 16.5. The summed E-state index contributed by atoms with van der Waals surface area (Å²) in [6.45, 7) is 0.901. The number of likely N-dealkylation sites (N-methyl/N-ethyl adjacent to an activating group) is 1. The molecule has 0 atom stereocenters. The number of hydrogen-bond donors (Lipinski definition) is 1. The van der Waals surface area contributed by atoms with Gasteiger partial charge < -0.3 is 9.84 Å². The smallest absolute Gasteiger partial charge is 0.258 e. The summed E-state index contributed by atoms with van der Waals surface area (Å²) < 4.78 is 5.40. The lowest BCUT2D eigenvalue weighted by atomic mass is 10.0. The van der Waals surface area contributed by atoms with Gasteiger partial charge in [-0.2, -0.15) is 4.98 Å². The summed E-state index contributed by atoms with van der Waals surface area (Å²) >= 11 is 0. The van der Waals surface area contributed by atoms with Crippen molar-refractivity contribution < 1.29 is 4.52 Å². The zero-order valence-corrected chi connectivity index (χ0v) is 11.8. The minimum atomic E-state index is 0.508. The molecule has 1 N–H and O–H groups in total. The van der Waals surface area contributed by atoms with Crippen LogP contribution in [0.1, 0.15) is 5.56 Å². The maximum absolute atomic E-state index is 5.40. The van der Waals surface area contributed by atoms with Crippen LogP contribution in [0.3, 0.4) is 0 Å². The summed E-state index contributed by atoms with van der Waals surface area (Å²) in [5.41, 5.74) is 2.87. The Labute approximate surface area is 123 Å². The predicted molar refractivity (Wildman–Crippen MR) is 80.6 cm³/mol. The summed E-state index contributed by atoms with van der Waals surface area (Å²) in [6, 6.07) is 13.7. The zero-order chi connectivity index (χ0) is 14.5. The molecule has 0 saturated carbocycles. The molecule has 0 aliphatic carbocycles. The monoisotopic (exact) mass is 280 g/mol. The number of nitrogens with zero attached hydrogens (tertiary/aromatic N) is 3. The average molecular weight is 280 g/mol. The third-order valence-corrected chi connectivity index (χ3v) is 3.21. The molecule has 106 valence electrons. The van der Waals surface area contributed by atoms with Crippen molar-refractivity contribution in [2.24, 2.45) is 0 Å². The maximum atomic E-state index is 5.40. The third kappa shape index (κ3) is 2.98. The first-order chi connectivity index (χ1) is 10.4. The Morgan fingerprint density at radius 1 is 1.10 bits per heavy atom. The van der Waals surface area contributed by atoms with E-state index < -0.39 is 0 Å². The Balaban J connectivity index is 1.93. The quantitative estimate of drug-likeness (QED) is 0.778. The van der Waals surface area contributed by atoms with Crippen molar-refractivity contribution in [1.29, 1.82) is 0 Å². The average Bonchev–Trinajstić information content (AvgIpc) is 3.04. The first-order valence-corrected chi connectivity index (χ1v) is 6.86. The van der Waals surface area contributed by atoms with E-state index in [0.29, 0.717) is 17.4 Å². The van der Waals surface area contributed by atoms with Gasteiger partial charge in [-0.25, -0.2) is 0 Å². The maximum Gasteiger partial charge on any atom is 0.258 e. The number of hydrogen-bond acceptors (Lipinski definition) is 5. The van der Waals surface area contributed by atoms with Gasteiger partial charge in [-0.3, -0.25) is 4.98 Å². The van der Waals surface area contributed by atoms with Gasteiger partial charge in [0.25, 0.3) is 5.89 Å². The van der Waals surface area contributed by atoms with E-state index in [4.69, 9.17) is 4.52 Å². The van der Waals surface area contributed by atoms with Crippen LogP contribution in [0.4, 0.5) is 0 Å². The second kappa shape index (κ2) is 6.28. The number of rotatable bonds is 5. The van der Waals surface area contributed by atoms with Crippen molar-refractivity contribution in [3.05, 3.63) is 54.2 Å². The number of nitrogens with one attached hydrogen (secondary N) is 1. The van der Waals surface area contributed by atoms with Crippen molar-refractivity contribution in [2.45, 2.75) is 6.42 Å². The molecule has 0 spiro atoms. The molecule has 5 nitrogen and oxygen atoms in total. The van der Waals surface area contributed by atoms with Crippen LogP contribution in [-0.4, -0.2) is 28.7 Å². The molecule has 5 heteroatoms. The molecule has 0 radical (unpaired) electrons. The third-order valence-electron chi connectivity index (χ3n) is 3.21. The standard InChI is InChI=1S/C16H16N4O/c1-17-11-9-12-6-2-3-7-13(12)16-19-15(20-21-16)14-8-4-5-10-18-14/h2-8,10,17H,9,11H2,1H3. The second-order valence-corrected chi connectivity index (χ2v) is 4.65. The highest BCUT2D eigenvalue weighted by Gasteiger charge is 2.13. The van der Waals surface area contributed by atoms with E-state index in [1.165, 1.54) is 5.56 Å². The summed E-state index contributed by atoms with van der Waals surface area (Å²) in [7, 11) is 1.94. The van der Waals surface area contributed by atoms with Crippen LogP contribution in [0.5, 0.6) is 0 Å². The van der Waals surface area contributed by atoms with Gasteiger partial charge in [0.15, 0.2) is 0 Å². The molecule has 3 aromatic rings. The van der Waals surface area contributed by atoms with Crippen molar-refractivity contribution >= 4 is 0 Å². The molecule has 3 rings (SSSR count). The molecule has 2 aromatic heterocycles. The normalized spacial score (nSPS) is 10.7. The van der Waals surface area contributed by atoms with Crippen LogP contribution >= 0.6 is 0 Å². The summed E-state index contributed by atoms with van der Waals surface area (Å²) in [5.74, 6) is 1.04. The highest BCUT2D eigenvalue weighted by Crippen LogP contribution is 2.24. The second-order valence-electron chi connectivity index (χ2n) is 4.65. The van der Waals surface area contributed by atoms with Gasteiger partial charge >= 0.3 is 0 Å². The lowest BCUT2D eigenvalue weighted by Gasteiger charge is -2.05. The summed E-state index contributed by atoms with van der Waals surface area (Å²) in [6.07, 6.45) is 2.63. The molecule has 0 aliphatic rings. The van der Waals surface area contributed by atoms with Crippen molar-refractivity contribution in [3.63, 3.8) is 0 Å². The summed E-state index contributed by atoms with van der Waals surface area (Å²) in [4.78, 5) is 8.69. The number of benzene rings is 1. The first kappa shape index (κ1) is 13.5. The fraction of sp³-hybridized carbons (Fsp3) is 0.188. The Morgan fingerprint density at radius 2 is 1.95 bits per heavy atom. The van der Waals surface area contributed by atoms with Crippen molar-refractivity contribution in [1.82, 2.24) is 20.4 Å². The fourth-order valence-corrected chi connectivity index (χ4v) is 2.14. The topological polar surface area (TPSA) is 63.8 Å². The van der Waals surface area contributed by atoms with E-state index >= 15 is 0 Å². The molecular formula is C16H16N4O. The van der Waals surface area contributed by atoms with Gasteiger partial charge in [-0.05, 0) is 43.8 Å². The summed E-state index contributed by atoms with van der Waals surface area (Å²) in [5, 5.41) is 7.17. The molecular weight excluding hydrogens is 264 g/mol. The van der Waals surface area contributed by atoms with Gasteiger partial charge in [0.1, 0.15) is 5.69 Å². The van der Waals surface area contributed by atoms with Crippen molar-refractivity contribution in [2.75, 3.05) is 13.6 Å². The zero-order valence-electron chi connectivity index (χ0n) is 11.8. The number of aromatic nitrogens is 3. The Hall–Kier alpha value is -2.53. The van der Waals surface area contributed by atoms with Gasteiger partial charge in [0, 0.05) is 11.8 Å². The Morgan fingerprint density at radius 3 is 2.76 bits per heavy atom. The van der Waals surface area contributed by atoms with E-state index in [2.05, 4.69) is 26.5 Å². The van der Waals surface area contributed by atoms with Crippen LogP contribution in [0.25, 0.3) is 23.0 Å². The molecule has 0 fully saturated rings. The molecule has 0 unspecified atom stereocenters. The lowest BCUT2D eigenvalue weighted by Crippen LogP contribution is -2.10. The Bertz CT molecular complexity index is 709. The van der Waals surface area contributed by atoms with Crippen LogP contribution in [0.2, 0.25) is 0 Å². The van der Waals surface area contributed by atoms with E-state index in [1.807, 2.05) is 43.4 Å². The highest BCUT2D eigenvalue weighted by molar-refractivity contribution is 5.61. The predicted octanol–water partition coefficient (Wildman–Crippen LogP) is 2.56. The van der Waals surface area contributed by atoms with E-state index in [-0.39, 0.29) is 0 Å². The van der Waals surface area contributed by atoms with E-state index in [0.717, 1.165) is 18.5 Å². The SMILES string of the molecule is CNCCc1ccccc1-c1nc(-c2ccccn2)no1. The van der Waals surface area contributed by atoms with Gasteiger partial charge in [0.05, 0.1) is 0 Å². The fourth-order valence-electron chi connectivity index (χ4n) is 2.14.